The van der Waals surface area contributed by atoms with E-state index >= 15 is 0 Å². The summed E-state index contributed by atoms with van der Waals surface area (Å²) in [5, 5.41) is 3.26. The van der Waals surface area contributed by atoms with Crippen LogP contribution < -0.4 is 19.7 Å². The minimum atomic E-state index is -0.814. The summed E-state index contributed by atoms with van der Waals surface area (Å²) in [6, 6.07) is 17.6. The molecule has 1 fully saturated rings. The van der Waals surface area contributed by atoms with E-state index in [-0.39, 0.29) is 12.2 Å². The van der Waals surface area contributed by atoms with Gasteiger partial charge in [-0.25, -0.2) is 9.69 Å². The number of benzene rings is 3. The molecule has 0 unspecified atom stereocenters. The summed E-state index contributed by atoms with van der Waals surface area (Å²) in [5.74, 6) is -0.308. The number of anilines is 1. The lowest BCUT2D eigenvalue weighted by Crippen LogP contribution is -2.54. The van der Waals surface area contributed by atoms with E-state index in [1.165, 1.54) is 6.08 Å². The number of carbonyl (C=O) groups excluding carboxylic acids is 3. The highest BCUT2D eigenvalue weighted by atomic mass is 35.5. The fourth-order valence-corrected chi connectivity index (χ4v) is 3.84. The van der Waals surface area contributed by atoms with Crippen LogP contribution in [0, 0.1) is 0 Å². The third-order valence-corrected chi connectivity index (χ3v) is 5.70. The Labute approximate surface area is 211 Å². The highest BCUT2D eigenvalue weighted by molar-refractivity contribution is 6.39. The van der Waals surface area contributed by atoms with Crippen LogP contribution in [0.25, 0.3) is 6.08 Å². The third-order valence-electron chi connectivity index (χ3n) is 5.11. The first-order valence-corrected chi connectivity index (χ1v) is 11.4. The fraction of sp³-hybridized carbons (Fsp3) is 0.115. The average Bonchev–Trinajstić information content (AvgIpc) is 2.83. The van der Waals surface area contributed by atoms with Gasteiger partial charge in [-0.05, 0) is 67.1 Å². The molecule has 35 heavy (non-hydrogen) atoms. The number of imide groups is 2. The number of ether oxygens (including phenoxy) is 2. The fourth-order valence-electron chi connectivity index (χ4n) is 3.38. The minimum absolute atomic E-state index is 0.167. The summed E-state index contributed by atoms with van der Waals surface area (Å²) < 4.78 is 11.1. The summed E-state index contributed by atoms with van der Waals surface area (Å²) in [6.45, 7) is 2.59. The normalized spacial score (nSPS) is 14.8. The van der Waals surface area contributed by atoms with Crippen molar-refractivity contribution in [1.82, 2.24) is 5.32 Å². The molecule has 4 rings (SSSR count). The van der Waals surface area contributed by atoms with E-state index in [1.54, 1.807) is 66.7 Å². The van der Waals surface area contributed by atoms with Gasteiger partial charge in [0.25, 0.3) is 11.8 Å². The zero-order valence-electron chi connectivity index (χ0n) is 18.6. The molecule has 3 aromatic rings. The van der Waals surface area contributed by atoms with Crippen LogP contribution in [0.5, 0.6) is 11.5 Å². The van der Waals surface area contributed by atoms with E-state index in [1.807, 2.05) is 6.92 Å². The van der Waals surface area contributed by atoms with Crippen LogP contribution in [0.2, 0.25) is 10.0 Å². The van der Waals surface area contributed by atoms with Crippen LogP contribution in [0.4, 0.5) is 10.5 Å². The second kappa shape index (κ2) is 10.6. The number of hydrogen-bond acceptors (Lipinski definition) is 5. The number of nitrogens with one attached hydrogen (secondary N) is 1. The van der Waals surface area contributed by atoms with Crippen molar-refractivity contribution >= 4 is 52.8 Å². The molecule has 178 valence electrons. The van der Waals surface area contributed by atoms with Crippen LogP contribution in [0.1, 0.15) is 18.1 Å². The van der Waals surface area contributed by atoms with Gasteiger partial charge in [-0.3, -0.25) is 14.9 Å². The van der Waals surface area contributed by atoms with Crippen molar-refractivity contribution < 1.29 is 23.9 Å². The van der Waals surface area contributed by atoms with Crippen molar-refractivity contribution in [3.05, 3.63) is 93.5 Å². The Hall–Kier alpha value is -3.81. The lowest BCUT2D eigenvalue weighted by molar-refractivity contribution is -0.122. The van der Waals surface area contributed by atoms with Gasteiger partial charge in [-0.15, -0.1) is 0 Å². The van der Waals surface area contributed by atoms with Crippen molar-refractivity contribution in [2.45, 2.75) is 13.5 Å². The number of halogens is 2. The molecule has 0 atom stereocenters. The van der Waals surface area contributed by atoms with Crippen LogP contribution in [0.3, 0.4) is 0 Å². The number of barbiturate groups is 1. The maximum atomic E-state index is 13.0. The molecule has 3 aromatic carbocycles. The molecule has 7 nitrogen and oxygen atoms in total. The van der Waals surface area contributed by atoms with E-state index < -0.39 is 17.8 Å². The molecule has 9 heteroatoms. The summed E-state index contributed by atoms with van der Waals surface area (Å²) in [6.07, 6.45) is 1.42. The molecule has 1 heterocycles. The topological polar surface area (TPSA) is 84.9 Å². The Morgan fingerprint density at radius 1 is 0.886 bits per heavy atom. The maximum Gasteiger partial charge on any atom is 0.335 e. The van der Waals surface area contributed by atoms with Crippen molar-refractivity contribution in [2.75, 3.05) is 11.5 Å². The van der Waals surface area contributed by atoms with E-state index in [9.17, 15) is 14.4 Å². The molecule has 0 spiro atoms. The Kier molecular flexibility index (Phi) is 7.39. The average molecular weight is 511 g/mol. The van der Waals surface area contributed by atoms with E-state index in [2.05, 4.69) is 5.32 Å². The molecule has 4 amide bonds. The lowest BCUT2D eigenvalue weighted by Gasteiger charge is -2.26. The molecule has 1 aliphatic rings. The van der Waals surface area contributed by atoms with Crippen molar-refractivity contribution in [2.24, 2.45) is 0 Å². The summed E-state index contributed by atoms with van der Waals surface area (Å²) in [5.41, 5.74) is 1.52. The third kappa shape index (κ3) is 5.65. The zero-order chi connectivity index (χ0) is 24.9. The predicted octanol–water partition coefficient (Wildman–Crippen LogP) is 5.64. The Morgan fingerprint density at radius 3 is 2.20 bits per heavy atom. The summed E-state index contributed by atoms with van der Waals surface area (Å²) in [7, 11) is 0. The number of amides is 4. The van der Waals surface area contributed by atoms with Crippen LogP contribution in [0.15, 0.2) is 72.3 Å². The molecule has 0 aromatic heterocycles. The highest BCUT2D eigenvalue weighted by Gasteiger charge is 2.36. The van der Waals surface area contributed by atoms with Crippen LogP contribution in [-0.2, 0) is 16.2 Å². The van der Waals surface area contributed by atoms with E-state index in [0.717, 1.165) is 10.5 Å². The molecular formula is C26H20Cl2N2O5. The van der Waals surface area contributed by atoms with Crippen molar-refractivity contribution in [3.63, 3.8) is 0 Å². The minimum Gasteiger partial charge on any atom is -0.494 e. The second-order valence-electron chi connectivity index (χ2n) is 7.48. The van der Waals surface area contributed by atoms with Gasteiger partial charge in [-0.2, -0.15) is 0 Å². The number of carbonyl (C=O) groups is 3. The first-order chi connectivity index (χ1) is 16.9. The molecule has 0 saturated carbocycles. The van der Waals surface area contributed by atoms with Gasteiger partial charge < -0.3 is 9.47 Å². The molecular weight excluding hydrogens is 491 g/mol. The van der Waals surface area contributed by atoms with E-state index in [4.69, 9.17) is 32.7 Å². The standard InChI is InChI=1S/C26H20Cl2N2O5/c1-2-34-20-11-7-19(8-12-20)30-25(32)22(24(31)29-26(30)33)13-16-3-9-21(10-4-16)35-15-17-5-6-18(27)14-23(17)28/h3-14H,2,15H2,1H3,(H,29,31,33)/b22-13+. The number of urea groups is 1. The van der Waals surface area contributed by atoms with Gasteiger partial charge in [0.1, 0.15) is 23.7 Å². The Morgan fingerprint density at radius 2 is 1.54 bits per heavy atom. The smallest absolute Gasteiger partial charge is 0.335 e. The lowest BCUT2D eigenvalue weighted by atomic mass is 10.1. The second-order valence-corrected chi connectivity index (χ2v) is 8.32. The number of rotatable bonds is 7. The summed E-state index contributed by atoms with van der Waals surface area (Å²) in [4.78, 5) is 38.7. The van der Waals surface area contributed by atoms with Gasteiger partial charge >= 0.3 is 6.03 Å². The Balaban J connectivity index is 1.49. The number of nitrogens with zero attached hydrogens (tertiary/aromatic N) is 1. The maximum absolute atomic E-state index is 13.0. The monoisotopic (exact) mass is 510 g/mol. The molecule has 0 radical (unpaired) electrons. The van der Waals surface area contributed by atoms with Crippen molar-refractivity contribution in [3.8, 4) is 11.5 Å². The Bertz CT molecular complexity index is 1300. The van der Waals surface area contributed by atoms with Crippen LogP contribution in [-0.4, -0.2) is 24.5 Å². The van der Waals surface area contributed by atoms with E-state index in [0.29, 0.717) is 39.4 Å². The first-order valence-electron chi connectivity index (χ1n) is 10.7. The van der Waals surface area contributed by atoms with Gasteiger partial charge in [0.2, 0.25) is 0 Å². The number of hydrogen-bond donors (Lipinski definition) is 1. The highest BCUT2D eigenvalue weighted by Crippen LogP contribution is 2.26. The van der Waals surface area contributed by atoms with Gasteiger partial charge in [0.15, 0.2) is 0 Å². The van der Waals surface area contributed by atoms with Gasteiger partial charge in [0, 0.05) is 15.6 Å². The molecule has 1 saturated heterocycles. The first kappa shape index (κ1) is 24.3. The molecule has 0 aliphatic carbocycles. The van der Waals surface area contributed by atoms with Gasteiger partial charge in [-0.1, -0.05) is 41.4 Å². The largest absolute Gasteiger partial charge is 0.494 e. The zero-order valence-corrected chi connectivity index (χ0v) is 20.1. The van der Waals surface area contributed by atoms with Gasteiger partial charge in [0.05, 0.1) is 12.3 Å². The molecule has 1 aliphatic heterocycles. The quantitative estimate of drug-likeness (QED) is 0.328. The predicted molar refractivity (Wildman–Crippen MR) is 134 cm³/mol. The molecule has 0 bridgehead atoms. The SMILES string of the molecule is CCOc1ccc(N2C(=O)NC(=O)/C(=C\c3ccc(OCc4ccc(Cl)cc4Cl)cc3)C2=O)cc1. The summed E-state index contributed by atoms with van der Waals surface area (Å²) >= 11 is 12.1. The molecule has 1 N–H and O–H groups in total. The van der Waals surface area contributed by atoms with Crippen molar-refractivity contribution in [1.29, 1.82) is 0 Å². The van der Waals surface area contributed by atoms with Crippen LogP contribution >= 0.6 is 23.2 Å².